The number of alkyl halides is 1. The van der Waals surface area contributed by atoms with Gasteiger partial charge in [0.2, 0.25) is 10.0 Å². The number of sulfonamides is 1. The lowest BCUT2D eigenvalue weighted by molar-refractivity contribution is 0.0206. The van der Waals surface area contributed by atoms with Crippen LogP contribution >= 0.6 is 0 Å². The van der Waals surface area contributed by atoms with E-state index < -0.39 is 33.7 Å². The van der Waals surface area contributed by atoms with Crippen molar-refractivity contribution in [3.8, 4) is 0 Å². The van der Waals surface area contributed by atoms with Crippen LogP contribution in [0.1, 0.15) is 56.9 Å². The lowest BCUT2D eigenvalue weighted by Gasteiger charge is -2.47. The maximum atomic E-state index is 15.4. The van der Waals surface area contributed by atoms with Gasteiger partial charge in [0.05, 0.1) is 4.90 Å². The van der Waals surface area contributed by atoms with Crippen LogP contribution in [0.25, 0.3) is 0 Å². The molecule has 4 rings (SSSR count). The highest BCUT2D eigenvalue weighted by molar-refractivity contribution is 7.89. The van der Waals surface area contributed by atoms with E-state index in [0.717, 1.165) is 44.1 Å². The highest BCUT2D eigenvalue weighted by Crippen LogP contribution is 2.43. The van der Waals surface area contributed by atoms with Crippen LogP contribution in [0.4, 0.5) is 14.9 Å². The Morgan fingerprint density at radius 2 is 1.72 bits per heavy atom. The van der Waals surface area contributed by atoms with Crippen molar-refractivity contribution in [2.75, 3.05) is 18.4 Å². The van der Waals surface area contributed by atoms with Gasteiger partial charge in [-0.2, -0.15) is 0 Å². The first-order valence-electron chi connectivity index (χ1n) is 12.8. The number of aromatic nitrogens is 1. The third-order valence-corrected chi connectivity index (χ3v) is 8.91. The molecule has 196 valence electrons. The number of urea groups is 1. The lowest BCUT2D eigenvalue weighted by Crippen LogP contribution is -2.62. The Morgan fingerprint density at radius 1 is 1.03 bits per heavy atom. The number of hydrogen-bond acceptors (Lipinski definition) is 5. The number of hydrogen-bond donors (Lipinski definition) is 4. The molecule has 2 aromatic rings. The Balaban J connectivity index is 1.41. The molecule has 2 atom stereocenters. The van der Waals surface area contributed by atoms with Gasteiger partial charge in [-0.1, -0.05) is 44.6 Å². The SMILES string of the molecule is O=C(NCc1cccnc1)Nc1ccc(S(=O)(=O)NC2CNCC(F)C23CCCCCCCC3)cc1. The standard InChI is InChI=1S/C26H36FN5O3S/c27-23-18-29-19-24(26(23)13-5-3-1-2-4-6-14-26)32-36(34,35)22-11-9-21(10-12-22)31-25(33)30-17-20-8-7-15-28-16-20/h7-12,15-16,23-24,29,32H,1-6,13-14,17-19H2,(H2,30,31,33). The normalized spacial score (nSPS) is 22.7. The second-order valence-electron chi connectivity index (χ2n) is 9.85. The van der Waals surface area contributed by atoms with E-state index in [1.165, 1.54) is 12.1 Å². The molecule has 2 amide bonds. The molecule has 1 spiro atoms. The van der Waals surface area contributed by atoms with E-state index in [4.69, 9.17) is 0 Å². The molecule has 2 aliphatic rings. The smallest absolute Gasteiger partial charge is 0.319 e. The summed E-state index contributed by atoms with van der Waals surface area (Å²) in [5.74, 6) is 0. The highest BCUT2D eigenvalue weighted by Gasteiger charge is 2.48. The Morgan fingerprint density at radius 3 is 2.39 bits per heavy atom. The molecule has 0 radical (unpaired) electrons. The maximum absolute atomic E-state index is 15.4. The van der Waals surface area contributed by atoms with Crippen LogP contribution in [0, 0.1) is 5.41 Å². The summed E-state index contributed by atoms with van der Waals surface area (Å²) in [6.07, 6.45) is 9.90. The second-order valence-corrected chi connectivity index (χ2v) is 11.6. The number of pyridine rings is 1. The van der Waals surface area contributed by atoms with E-state index in [-0.39, 0.29) is 11.4 Å². The summed E-state index contributed by atoms with van der Waals surface area (Å²) in [6, 6.07) is 8.73. The van der Waals surface area contributed by atoms with E-state index in [1.807, 2.05) is 6.07 Å². The molecule has 1 aromatic heterocycles. The van der Waals surface area contributed by atoms with Crippen LogP contribution in [0.2, 0.25) is 0 Å². The number of amides is 2. The quantitative estimate of drug-likeness (QED) is 0.461. The predicted octanol–water partition coefficient (Wildman–Crippen LogP) is 4.11. The van der Waals surface area contributed by atoms with Gasteiger partial charge in [-0.15, -0.1) is 0 Å². The second kappa shape index (κ2) is 12.1. The first kappa shape index (κ1) is 26.5. The Kier molecular flexibility index (Phi) is 8.92. The van der Waals surface area contributed by atoms with Gasteiger partial charge in [0.25, 0.3) is 0 Å². The zero-order chi connectivity index (χ0) is 25.4. The fourth-order valence-corrected chi connectivity index (χ4v) is 6.70. The molecule has 1 aromatic carbocycles. The summed E-state index contributed by atoms with van der Waals surface area (Å²) in [5, 5.41) is 8.51. The van der Waals surface area contributed by atoms with E-state index in [1.54, 1.807) is 30.6 Å². The van der Waals surface area contributed by atoms with E-state index in [2.05, 4.69) is 25.7 Å². The summed E-state index contributed by atoms with van der Waals surface area (Å²) in [7, 11) is -3.87. The number of anilines is 1. The van der Waals surface area contributed by atoms with Gasteiger partial charge in [0.15, 0.2) is 0 Å². The van der Waals surface area contributed by atoms with Gasteiger partial charge in [-0.25, -0.2) is 22.3 Å². The molecule has 2 heterocycles. The van der Waals surface area contributed by atoms with Crippen LogP contribution in [-0.2, 0) is 16.6 Å². The number of nitrogens with zero attached hydrogens (tertiary/aromatic N) is 1. The molecule has 36 heavy (non-hydrogen) atoms. The minimum atomic E-state index is -3.87. The maximum Gasteiger partial charge on any atom is 0.319 e. The van der Waals surface area contributed by atoms with E-state index >= 15 is 4.39 Å². The van der Waals surface area contributed by atoms with Crippen molar-refractivity contribution in [3.63, 3.8) is 0 Å². The third-order valence-electron chi connectivity index (χ3n) is 7.42. The Hall–Kier alpha value is -2.56. The molecule has 8 nitrogen and oxygen atoms in total. The number of halogens is 1. The van der Waals surface area contributed by atoms with Crippen molar-refractivity contribution in [3.05, 3.63) is 54.4 Å². The molecule has 2 unspecified atom stereocenters. The number of rotatable bonds is 6. The zero-order valence-corrected chi connectivity index (χ0v) is 21.3. The highest BCUT2D eigenvalue weighted by atomic mass is 32.2. The third kappa shape index (κ3) is 6.60. The van der Waals surface area contributed by atoms with Crippen molar-refractivity contribution in [2.45, 2.75) is 75.0 Å². The van der Waals surface area contributed by atoms with Crippen molar-refractivity contribution in [2.24, 2.45) is 5.41 Å². The average Bonchev–Trinajstić information content (AvgIpc) is 3.00. The molecular formula is C26H36FN5O3S. The zero-order valence-electron chi connectivity index (χ0n) is 20.5. The van der Waals surface area contributed by atoms with Crippen LogP contribution in [0.5, 0.6) is 0 Å². The van der Waals surface area contributed by atoms with Gasteiger partial charge in [-0.3, -0.25) is 4.98 Å². The molecule has 4 N–H and O–H groups in total. The van der Waals surface area contributed by atoms with Crippen LogP contribution in [0.3, 0.4) is 0 Å². The number of carbonyl (C=O) groups excluding carboxylic acids is 1. The molecule has 2 fully saturated rings. The molecular weight excluding hydrogens is 481 g/mol. The fraction of sp³-hybridized carbons (Fsp3) is 0.538. The van der Waals surface area contributed by atoms with E-state index in [9.17, 15) is 13.2 Å². The molecule has 1 saturated heterocycles. The van der Waals surface area contributed by atoms with E-state index in [0.29, 0.717) is 31.6 Å². The summed E-state index contributed by atoms with van der Waals surface area (Å²) in [4.78, 5) is 16.3. The lowest BCUT2D eigenvalue weighted by atomic mass is 9.67. The molecule has 1 aliphatic carbocycles. The average molecular weight is 518 g/mol. The summed E-state index contributed by atoms with van der Waals surface area (Å²) in [5.41, 5.74) is 0.648. The Labute approximate surface area is 212 Å². The minimum Gasteiger partial charge on any atom is -0.334 e. The van der Waals surface area contributed by atoms with Crippen molar-refractivity contribution in [1.82, 2.24) is 20.3 Å². The van der Waals surface area contributed by atoms with Gasteiger partial charge in [0.1, 0.15) is 6.17 Å². The molecule has 1 aliphatic heterocycles. The summed E-state index contributed by atoms with van der Waals surface area (Å²) in [6.45, 7) is 1.00. The van der Waals surface area contributed by atoms with Crippen molar-refractivity contribution >= 4 is 21.7 Å². The fourth-order valence-electron chi connectivity index (χ4n) is 5.37. The molecule has 1 saturated carbocycles. The number of carbonyl (C=O) groups is 1. The summed E-state index contributed by atoms with van der Waals surface area (Å²) < 4.78 is 44.8. The Bertz CT molecular complexity index is 1090. The van der Waals surface area contributed by atoms with Gasteiger partial charge < -0.3 is 16.0 Å². The number of nitrogens with one attached hydrogen (secondary N) is 4. The van der Waals surface area contributed by atoms with Gasteiger partial charge in [-0.05, 0) is 48.7 Å². The predicted molar refractivity (Wildman–Crippen MR) is 138 cm³/mol. The van der Waals surface area contributed by atoms with Crippen LogP contribution in [-0.4, -0.2) is 44.7 Å². The van der Waals surface area contributed by atoms with Gasteiger partial charge in [0, 0.05) is 49.2 Å². The number of piperidine rings is 1. The largest absolute Gasteiger partial charge is 0.334 e. The topological polar surface area (TPSA) is 112 Å². The number of benzene rings is 1. The van der Waals surface area contributed by atoms with Crippen LogP contribution < -0.4 is 20.7 Å². The minimum absolute atomic E-state index is 0.0861. The molecule has 0 bridgehead atoms. The van der Waals surface area contributed by atoms with Crippen molar-refractivity contribution in [1.29, 1.82) is 0 Å². The van der Waals surface area contributed by atoms with Gasteiger partial charge >= 0.3 is 6.03 Å². The molecule has 10 heteroatoms. The monoisotopic (exact) mass is 517 g/mol. The summed E-state index contributed by atoms with van der Waals surface area (Å²) >= 11 is 0. The van der Waals surface area contributed by atoms with Crippen molar-refractivity contribution < 1.29 is 17.6 Å². The first-order chi connectivity index (χ1) is 17.4. The van der Waals surface area contributed by atoms with Crippen LogP contribution in [0.15, 0.2) is 53.7 Å². The first-order valence-corrected chi connectivity index (χ1v) is 14.3.